The van der Waals surface area contributed by atoms with Crippen LogP contribution in [-0.2, 0) is 0 Å². The molecule has 0 atom stereocenters. The number of halogens is 1. The average molecular weight is 328 g/mol. The van der Waals surface area contributed by atoms with Gasteiger partial charge in [0.05, 0.1) is 0 Å². The minimum atomic E-state index is 0. The predicted octanol–water partition coefficient (Wildman–Crippen LogP) is 0.224. The lowest BCUT2D eigenvalue weighted by molar-refractivity contribution is -0.464. The highest BCUT2D eigenvalue weighted by Crippen LogP contribution is 2.31. The molecule has 1 aliphatic rings. The van der Waals surface area contributed by atoms with Crippen molar-refractivity contribution in [3.8, 4) is 11.3 Å². The van der Waals surface area contributed by atoms with Gasteiger partial charge in [-0.1, -0.05) is 18.2 Å². The zero-order valence-electron chi connectivity index (χ0n) is 12.0. The van der Waals surface area contributed by atoms with Crippen LogP contribution in [0.3, 0.4) is 0 Å². The van der Waals surface area contributed by atoms with Gasteiger partial charge in [0.1, 0.15) is 22.9 Å². The van der Waals surface area contributed by atoms with Crippen molar-refractivity contribution in [2.24, 2.45) is 0 Å². The van der Waals surface area contributed by atoms with Crippen LogP contribution >= 0.6 is 11.3 Å². The minimum Gasteiger partial charge on any atom is -1.00 e. The summed E-state index contributed by atoms with van der Waals surface area (Å²) in [7, 11) is 0. The van der Waals surface area contributed by atoms with Gasteiger partial charge in [0.25, 0.3) is 0 Å². The number of hydrogen-bond acceptors (Lipinski definition) is 3. The summed E-state index contributed by atoms with van der Waals surface area (Å²) in [6.45, 7) is 1.95. The standard InChI is InChI=1S/C17H13N3S.ClH/c1-11-18-15-9-14(12-5-3-2-4-6-12)20-17(15)16(19-11)13-7-8-21-10-13;/h2-10,20H,1H3;1H. The van der Waals surface area contributed by atoms with Crippen LogP contribution in [-0.4, -0.2) is 9.97 Å². The van der Waals surface area contributed by atoms with Gasteiger partial charge in [0.15, 0.2) is 5.69 Å². The first-order valence-corrected chi connectivity index (χ1v) is 7.78. The molecule has 0 fully saturated rings. The van der Waals surface area contributed by atoms with Gasteiger partial charge >= 0.3 is 0 Å². The molecule has 0 saturated carbocycles. The summed E-state index contributed by atoms with van der Waals surface area (Å²) in [5.74, 6) is 0.814. The van der Waals surface area contributed by atoms with Crippen molar-refractivity contribution in [1.29, 1.82) is 0 Å². The monoisotopic (exact) mass is 327 g/mol. The second-order valence-corrected chi connectivity index (χ2v) is 5.82. The molecule has 22 heavy (non-hydrogen) atoms. The molecule has 2 N–H and O–H groups in total. The maximum atomic E-state index is 4.65. The molecule has 0 unspecified atom stereocenters. The molecule has 0 amide bonds. The lowest BCUT2D eigenvalue weighted by Crippen LogP contribution is -3.00. The summed E-state index contributed by atoms with van der Waals surface area (Å²) >= 11 is 1.69. The van der Waals surface area contributed by atoms with Crippen LogP contribution in [0.2, 0.25) is 0 Å². The van der Waals surface area contributed by atoms with E-state index in [-0.39, 0.29) is 12.4 Å². The summed E-state index contributed by atoms with van der Waals surface area (Å²) < 4.78 is 0. The molecule has 1 aliphatic heterocycles. The Bertz CT molecular complexity index is 827. The summed E-state index contributed by atoms with van der Waals surface area (Å²) in [6, 6.07) is 12.5. The molecule has 0 saturated heterocycles. The fourth-order valence-corrected chi connectivity index (χ4v) is 3.26. The lowest BCUT2D eigenvalue weighted by atomic mass is 10.1. The van der Waals surface area contributed by atoms with Crippen LogP contribution in [0.1, 0.15) is 17.1 Å². The van der Waals surface area contributed by atoms with E-state index in [2.05, 4.69) is 62.5 Å². The molecule has 0 radical (unpaired) electrons. The number of hydrogen-bond donors (Lipinski definition) is 1. The number of rotatable bonds is 2. The molecule has 4 rings (SSSR count). The summed E-state index contributed by atoms with van der Waals surface area (Å²) in [4.78, 5) is 9.23. The number of aromatic nitrogens is 2. The van der Waals surface area contributed by atoms with E-state index in [0.29, 0.717) is 0 Å². The Morgan fingerprint density at radius 1 is 1.00 bits per heavy atom. The number of thiophene rings is 1. The Morgan fingerprint density at radius 3 is 2.55 bits per heavy atom. The van der Waals surface area contributed by atoms with Crippen LogP contribution in [0.15, 0.2) is 47.2 Å². The second-order valence-electron chi connectivity index (χ2n) is 5.04. The smallest absolute Gasteiger partial charge is 0.187 e. The van der Waals surface area contributed by atoms with Gasteiger partial charge in [-0.15, -0.1) is 0 Å². The number of nitrogens with zero attached hydrogens (tertiary/aromatic N) is 2. The van der Waals surface area contributed by atoms with E-state index in [1.807, 2.05) is 13.0 Å². The third kappa shape index (κ3) is 2.57. The maximum Gasteiger partial charge on any atom is 0.187 e. The Kier molecular flexibility index (Phi) is 4.07. The van der Waals surface area contributed by atoms with Gasteiger partial charge in [-0.25, -0.2) is 9.97 Å². The van der Waals surface area contributed by atoms with E-state index in [0.717, 1.165) is 22.9 Å². The van der Waals surface area contributed by atoms with Crippen molar-refractivity contribution >= 4 is 28.8 Å². The number of benzene rings is 1. The highest BCUT2D eigenvalue weighted by molar-refractivity contribution is 7.08. The fraction of sp³-hybridized carbons (Fsp3) is 0.0588. The normalized spacial score (nSPS) is 12.5. The van der Waals surface area contributed by atoms with Gasteiger partial charge < -0.3 is 12.4 Å². The zero-order chi connectivity index (χ0) is 14.2. The number of nitrogens with two attached hydrogens (primary N) is 1. The first-order chi connectivity index (χ1) is 10.3. The number of quaternary nitrogens is 1. The molecule has 110 valence electrons. The summed E-state index contributed by atoms with van der Waals surface area (Å²) in [6.07, 6.45) is 2.15. The van der Waals surface area contributed by atoms with Crippen molar-refractivity contribution < 1.29 is 17.7 Å². The van der Waals surface area contributed by atoms with Gasteiger partial charge in [-0.3, -0.25) is 5.32 Å². The predicted molar refractivity (Wildman–Crippen MR) is 86.0 cm³/mol. The fourth-order valence-electron chi connectivity index (χ4n) is 2.62. The molecule has 3 heterocycles. The first kappa shape index (κ1) is 14.9. The molecule has 0 spiro atoms. The van der Waals surface area contributed by atoms with E-state index in [4.69, 9.17) is 0 Å². The van der Waals surface area contributed by atoms with Crippen LogP contribution < -0.4 is 17.7 Å². The maximum absolute atomic E-state index is 4.65. The number of fused-ring (bicyclic) bond motifs is 1. The van der Waals surface area contributed by atoms with Gasteiger partial charge in [-0.2, -0.15) is 11.3 Å². The quantitative estimate of drug-likeness (QED) is 0.732. The third-order valence-corrected chi connectivity index (χ3v) is 4.26. The molecular weight excluding hydrogens is 314 g/mol. The van der Waals surface area contributed by atoms with E-state index in [1.165, 1.54) is 16.8 Å². The van der Waals surface area contributed by atoms with Crippen LogP contribution in [0.5, 0.6) is 0 Å². The largest absolute Gasteiger partial charge is 1.00 e. The molecule has 0 bridgehead atoms. The van der Waals surface area contributed by atoms with Crippen LogP contribution in [0.25, 0.3) is 23.0 Å². The molecule has 2 aromatic heterocycles. The van der Waals surface area contributed by atoms with Gasteiger partial charge in [0, 0.05) is 22.6 Å². The lowest BCUT2D eigenvalue weighted by Gasteiger charge is -2.05. The minimum absolute atomic E-state index is 0. The van der Waals surface area contributed by atoms with Crippen molar-refractivity contribution in [3.05, 3.63) is 64.2 Å². The molecule has 0 aliphatic carbocycles. The molecular formula is C17H14ClN3S. The molecule has 5 heteroatoms. The van der Waals surface area contributed by atoms with Gasteiger partial charge in [-0.05, 0) is 30.5 Å². The highest BCUT2D eigenvalue weighted by Gasteiger charge is 2.26. The zero-order valence-corrected chi connectivity index (χ0v) is 13.5. The first-order valence-electron chi connectivity index (χ1n) is 6.84. The number of aryl methyl sites for hydroxylation is 1. The third-order valence-electron chi connectivity index (χ3n) is 3.58. The van der Waals surface area contributed by atoms with Crippen molar-refractivity contribution in [2.75, 3.05) is 0 Å². The van der Waals surface area contributed by atoms with E-state index in [9.17, 15) is 0 Å². The van der Waals surface area contributed by atoms with Crippen molar-refractivity contribution in [3.63, 3.8) is 0 Å². The van der Waals surface area contributed by atoms with Crippen LogP contribution in [0, 0.1) is 6.92 Å². The van der Waals surface area contributed by atoms with Gasteiger partial charge in [0.2, 0.25) is 0 Å². The Hall–Kier alpha value is -2.01. The topological polar surface area (TPSA) is 42.4 Å². The highest BCUT2D eigenvalue weighted by atomic mass is 35.5. The molecule has 3 nitrogen and oxygen atoms in total. The Balaban J connectivity index is 0.00000144. The van der Waals surface area contributed by atoms with E-state index in [1.54, 1.807) is 11.3 Å². The second kappa shape index (κ2) is 6.01. The molecule has 3 aromatic rings. The van der Waals surface area contributed by atoms with Crippen LogP contribution in [0.4, 0.5) is 5.69 Å². The van der Waals surface area contributed by atoms with Crippen molar-refractivity contribution in [1.82, 2.24) is 9.97 Å². The average Bonchev–Trinajstić information content (AvgIpc) is 3.16. The Labute approximate surface area is 139 Å². The van der Waals surface area contributed by atoms with E-state index < -0.39 is 0 Å². The summed E-state index contributed by atoms with van der Waals surface area (Å²) in [5, 5.41) is 6.41. The van der Waals surface area contributed by atoms with E-state index >= 15 is 0 Å². The SMILES string of the molecule is Cc1nc2c(c(-c3ccsc3)n1)[NH2+]C(c1ccccc1)=C2.[Cl-]. The van der Waals surface area contributed by atoms with Crippen molar-refractivity contribution in [2.45, 2.75) is 6.92 Å². The Morgan fingerprint density at radius 2 is 1.82 bits per heavy atom. The summed E-state index contributed by atoms with van der Waals surface area (Å²) in [5.41, 5.74) is 6.74. The molecule has 1 aromatic carbocycles.